The van der Waals surface area contributed by atoms with Crippen LogP contribution in [0.4, 0.5) is 4.39 Å². The highest BCUT2D eigenvalue weighted by atomic mass is 32.1. The van der Waals surface area contributed by atoms with Crippen LogP contribution in [0.25, 0.3) is 6.08 Å². The van der Waals surface area contributed by atoms with Crippen LogP contribution in [-0.4, -0.2) is 23.2 Å². The lowest BCUT2D eigenvalue weighted by atomic mass is 9.95. The van der Waals surface area contributed by atoms with Gasteiger partial charge in [-0.2, -0.15) is 0 Å². The number of carbonyl (C=O) groups is 1. The highest BCUT2D eigenvalue weighted by molar-refractivity contribution is 7.07. The molecule has 0 amide bonds. The monoisotopic (exact) mass is 586 g/mol. The maximum Gasteiger partial charge on any atom is 0.338 e. The SMILES string of the molecule is CCOC(=O)C1=C(C)N=c2sc(=Cc3ccccc3OCc3ccccc3F)c(=O)n2C1c1ccccc1OC(C)C. The number of fused-ring (bicyclic) bond motifs is 1. The summed E-state index contributed by atoms with van der Waals surface area (Å²) in [4.78, 5) is 32.4. The average molecular weight is 587 g/mol. The van der Waals surface area contributed by atoms with Gasteiger partial charge in [-0.25, -0.2) is 14.2 Å². The summed E-state index contributed by atoms with van der Waals surface area (Å²) in [6, 6.07) is 20.3. The van der Waals surface area contributed by atoms with Crippen LogP contribution in [0.1, 0.15) is 50.4 Å². The second-order valence-electron chi connectivity index (χ2n) is 9.92. The van der Waals surface area contributed by atoms with Gasteiger partial charge in [-0.3, -0.25) is 9.36 Å². The molecule has 1 aliphatic rings. The zero-order valence-electron chi connectivity index (χ0n) is 23.8. The van der Waals surface area contributed by atoms with Crippen molar-refractivity contribution in [3.05, 3.63) is 126 Å². The van der Waals surface area contributed by atoms with Gasteiger partial charge in [0.15, 0.2) is 4.80 Å². The summed E-state index contributed by atoms with van der Waals surface area (Å²) >= 11 is 1.22. The Kier molecular flexibility index (Phi) is 8.68. The number of hydrogen-bond donors (Lipinski definition) is 0. The van der Waals surface area contributed by atoms with Gasteiger partial charge in [0.2, 0.25) is 0 Å². The predicted molar refractivity (Wildman–Crippen MR) is 160 cm³/mol. The summed E-state index contributed by atoms with van der Waals surface area (Å²) in [6.07, 6.45) is 1.61. The van der Waals surface area contributed by atoms with Crippen molar-refractivity contribution in [2.75, 3.05) is 6.61 Å². The molecule has 0 radical (unpaired) electrons. The van der Waals surface area contributed by atoms with Crippen LogP contribution >= 0.6 is 11.3 Å². The smallest absolute Gasteiger partial charge is 0.338 e. The number of nitrogens with zero attached hydrogens (tertiary/aromatic N) is 2. The minimum Gasteiger partial charge on any atom is -0.491 e. The van der Waals surface area contributed by atoms with Crippen molar-refractivity contribution in [1.29, 1.82) is 0 Å². The Morgan fingerprint density at radius 1 is 1.05 bits per heavy atom. The molecule has 216 valence electrons. The van der Waals surface area contributed by atoms with Crippen LogP contribution in [0.5, 0.6) is 11.5 Å². The molecule has 4 aromatic rings. The minimum atomic E-state index is -0.801. The van der Waals surface area contributed by atoms with Crippen molar-refractivity contribution in [1.82, 2.24) is 4.57 Å². The Balaban J connectivity index is 1.63. The first-order valence-electron chi connectivity index (χ1n) is 13.7. The van der Waals surface area contributed by atoms with Crippen LogP contribution in [-0.2, 0) is 16.1 Å². The fraction of sp³-hybridized carbons (Fsp3) is 0.242. The summed E-state index contributed by atoms with van der Waals surface area (Å²) in [5.74, 6) is 0.180. The van der Waals surface area contributed by atoms with Gasteiger partial charge in [-0.05, 0) is 52.0 Å². The molecule has 3 aromatic carbocycles. The van der Waals surface area contributed by atoms with Gasteiger partial charge in [0.1, 0.15) is 30.0 Å². The van der Waals surface area contributed by atoms with Crippen molar-refractivity contribution in [2.24, 2.45) is 4.99 Å². The van der Waals surface area contributed by atoms with E-state index < -0.39 is 12.0 Å². The molecule has 0 fully saturated rings. The molecule has 7 nitrogen and oxygen atoms in total. The first kappa shape index (κ1) is 29.0. The molecule has 0 bridgehead atoms. The normalized spacial score (nSPS) is 14.9. The zero-order valence-corrected chi connectivity index (χ0v) is 24.6. The number of allylic oxidation sites excluding steroid dienone is 1. The maximum absolute atomic E-state index is 14.2. The molecule has 0 spiro atoms. The molecular formula is C33H31FN2O5S. The van der Waals surface area contributed by atoms with E-state index in [9.17, 15) is 14.0 Å². The summed E-state index contributed by atoms with van der Waals surface area (Å²) in [5.41, 5.74) is 2.17. The lowest BCUT2D eigenvalue weighted by Gasteiger charge is -2.26. The molecule has 0 N–H and O–H groups in total. The van der Waals surface area contributed by atoms with Gasteiger partial charge in [0.25, 0.3) is 5.56 Å². The molecule has 2 heterocycles. The van der Waals surface area contributed by atoms with E-state index in [1.807, 2.05) is 56.3 Å². The van der Waals surface area contributed by atoms with E-state index in [-0.39, 0.29) is 36.3 Å². The molecule has 42 heavy (non-hydrogen) atoms. The van der Waals surface area contributed by atoms with Gasteiger partial charge in [0, 0.05) is 16.7 Å². The summed E-state index contributed by atoms with van der Waals surface area (Å²) in [7, 11) is 0. The van der Waals surface area contributed by atoms with E-state index >= 15 is 0 Å². The highest BCUT2D eigenvalue weighted by Gasteiger charge is 2.35. The highest BCUT2D eigenvalue weighted by Crippen LogP contribution is 2.36. The number of esters is 1. The topological polar surface area (TPSA) is 79.1 Å². The van der Waals surface area contributed by atoms with Crippen LogP contribution in [0, 0.1) is 5.82 Å². The third-order valence-corrected chi connectivity index (χ3v) is 7.62. The van der Waals surface area contributed by atoms with Gasteiger partial charge < -0.3 is 14.2 Å². The van der Waals surface area contributed by atoms with Crippen molar-refractivity contribution in [3.8, 4) is 11.5 Å². The first-order valence-corrected chi connectivity index (χ1v) is 14.5. The van der Waals surface area contributed by atoms with Crippen molar-refractivity contribution in [2.45, 2.75) is 46.4 Å². The molecule has 0 saturated carbocycles. The fourth-order valence-electron chi connectivity index (χ4n) is 4.80. The van der Waals surface area contributed by atoms with Gasteiger partial charge in [-0.1, -0.05) is 65.9 Å². The van der Waals surface area contributed by atoms with Crippen LogP contribution < -0.4 is 24.4 Å². The van der Waals surface area contributed by atoms with Crippen LogP contribution in [0.3, 0.4) is 0 Å². The van der Waals surface area contributed by atoms with E-state index in [2.05, 4.69) is 4.99 Å². The number of benzene rings is 3. The van der Waals surface area contributed by atoms with Crippen LogP contribution in [0.2, 0.25) is 0 Å². The van der Waals surface area contributed by atoms with Crippen molar-refractivity contribution >= 4 is 23.4 Å². The molecule has 9 heteroatoms. The molecule has 1 atom stereocenters. The average Bonchev–Trinajstić information content (AvgIpc) is 3.26. The predicted octanol–water partition coefficient (Wildman–Crippen LogP) is 5.30. The van der Waals surface area contributed by atoms with E-state index in [1.165, 1.54) is 22.0 Å². The second kappa shape index (κ2) is 12.6. The van der Waals surface area contributed by atoms with Crippen molar-refractivity contribution in [3.63, 3.8) is 0 Å². The largest absolute Gasteiger partial charge is 0.491 e. The number of carbonyl (C=O) groups excluding carboxylic acids is 1. The standard InChI is InChI=1S/C33H31FN2O5S/c1-5-39-32(38)29-21(4)35-33-36(30(29)24-14-8-11-17-27(24)41-20(2)3)31(37)28(42-33)18-22-12-7-10-16-26(22)40-19-23-13-6-9-15-25(23)34/h6-18,20,30H,5,19H2,1-4H3. The molecule has 1 unspecified atom stereocenters. The summed E-state index contributed by atoms with van der Waals surface area (Å²) < 4.78 is 33.6. The quantitative estimate of drug-likeness (QED) is 0.249. The Morgan fingerprint density at radius 2 is 1.74 bits per heavy atom. The maximum atomic E-state index is 14.2. The minimum absolute atomic E-state index is 0.0352. The second-order valence-corrected chi connectivity index (χ2v) is 10.9. The Hall–Kier alpha value is -4.50. The third kappa shape index (κ3) is 5.92. The molecule has 1 aliphatic heterocycles. The lowest BCUT2D eigenvalue weighted by Crippen LogP contribution is -2.40. The van der Waals surface area contributed by atoms with E-state index in [1.54, 1.807) is 44.2 Å². The molecular weight excluding hydrogens is 555 g/mol. The van der Waals surface area contributed by atoms with E-state index in [4.69, 9.17) is 14.2 Å². The number of hydrogen-bond acceptors (Lipinski definition) is 7. The number of halogens is 1. The fourth-order valence-corrected chi connectivity index (χ4v) is 5.83. The Bertz CT molecular complexity index is 1840. The third-order valence-electron chi connectivity index (χ3n) is 6.64. The van der Waals surface area contributed by atoms with Gasteiger partial charge >= 0.3 is 5.97 Å². The number of para-hydroxylation sites is 2. The number of rotatable bonds is 9. The van der Waals surface area contributed by atoms with E-state index in [0.29, 0.717) is 43.2 Å². The molecule has 0 saturated heterocycles. The number of ether oxygens (including phenoxy) is 3. The molecule has 1 aromatic heterocycles. The van der Waals surface area contributed by atoms with E-state index in [0.717, 1.165) is 0 Å². The van der Waals surface area contributed by atoms with Crippen LogP contribution in [0.15, 0.2) is 93.9 Å². The first-order chi connectivity index (χ1) is 20.3. The Labute approximate surface area is 246 Å². The molecule has 5 rings (SSSR count). The number of thiazole rings is 1. The lowest BCUT2D eigenvalue weighted by molar-refractivity contribution is -0.139. The Morgan fingerprint density at radius 3 is 2.48 bits per heavy atom. The molecule has 0 aliphatic carbocycles. The summed E-state index contributed by atoms with van der Waals surface area (Å²) in [6.45, 7) is 7.53. The van der Waals surface area contributed by atoms with Gasteiger partial charge in [-0.15, -0.1) is 0 Å². The summed E-state index contributed by atoms with van der Waals surface area (Å²) in [5, 5.41) is 0. The zero-order chi connectivity index (χ0) is 29.8. The number of aromatic nitrogens is 1. The van der Waals surface area contributed by atoms with Gasteiger partial charge in [0.05, 0.1) is 28.5 Å². The van der Waals surface area contributed by atoms with Crippen molar-refractivity contribution < 1.29 is 23.4 Å².